The summed E-state index contributed by atoms with van der Waals surface area (Å²) in [5.74, 6) is 0.590. The number of aromatic nitrogens is 1. The van der Waals surface area contributed by atoms with Crippen LogP contribution >= 0.6 is 0 Å². The Morgan fingerprint density at radius 2 is 2.04 bits per heavy atom. The number of likely N-dealkylation sites (tertiary alicyclic amines) is 1. The number of aryl methyl sites for hydroxylation is 1. The van der Waals surface area contributed by atoms with E-state index < -0.39 is 0 Å². The molecule has 1 aromatic heterocycles. The van der Waals surface area contributed by atoms with Crippen LogP contribution < -0.4 is 5.32 Å². The van der Waals surface area contributed by atoms with Gasteiger partial charge in [0.05, 0.1) is 6.04 Å². The number of benzene rings is 1. The molecule has 1 atom stereocenters. The van der Waals surface area contributed by atoms with E-state index in [0.29, 0.717) is 5.69 Å². The van der Waals surface area contributed by atoms with Crippen molar-refractivity contribution in [3.05, 3.63) is 53.4 Å². The summed E-state index contributed by atoms with van der Waals surface area (Å²) in [5, 5.41) is 7.04. The third-order valence-corrected chi connectivity index (χ3v) is 4.43. The van der Waals surface area contributed by atoms with Crippen molar-refractivity contribution >= 4 is 5.91 Å². The Balaban J connectivity index is 1.71. The van der Waals surface area contributed by atoms with Gasteiger partial charge in [0.15, 0.2) is 5.69 Å². The fourth-order valence-corrected chi connectivity index (χ4v) is 3.16. The van der Waals surface area contributed by atoms with Crippen molar-refractivity contribution in [1.82, 2.24) is 15.4 Å². The third-order valence-electron chi connectivity index (χ3n) is 4.43. The first-order chi connectivity index (χ1) is 11.8. The quantitative estimate of drug-likeness (QED) is 0.848. The van der Waals surface area contributed by atoms with Gasteiger partial charge in [-0.05, 0) is 37.9 Å². The molecule has 1 N–H and O–H groups in total. The molecule has 0 spiro atoms. The minimum absolute atomic E-state index is 0.0388. The highest BCUT2D eigenvalue weighted by Gasteiger charge is 2.22. The Hall–Kier alpha value is -2.14. The second-order valence-electron chi connectivity index (χ2n) is 6.37. The lowest BCUT2D eigenvalue weighted by atomic mass is 10.1. The van der Waals surface area contributed by atoms with E-state index in [9.17, 15) is 4.79 Å². The molecule has 0 bridgehead atoms. The largest absolute Gasteiger partial charge is 0.361 e. The van der Waals surface area contributed by atoms with E-state index in [1.165, 1.54) is 12.8 Å². The van der Waals surface area contributed by atoms with Gasteiger partial charge >= 0.3 is 0 Å². The van der Waals surface area contributed by atoms with Crippen molar-refractivity contribution in [2.45, 2.75) is 38.6 Å². The second-order valence-corrected chi connectivity index (χ2v) is 6.37. The smallest absolute Gasteiger partial charge is 0.274 e. The van der Waals surface area contributed by atoms with Crippen molar-refractivity contribution < 1.29 is 9.32 Å². The zero-order chi connectivity index (χ0) is 16.8. The molecule has 2 heterocycles. The van der Waals surface area contributed by atoms with Crippen molar-refractivity contribution in [2.75, 3.05) is 19.6 Å². The highest BCUT2D eigenvalue weighted by molar-refractivity contribution is 5.92. The first-order valence-corrected chi connectivity index (χ1v) is 8.80. The van der Waals surface area contributed by atoms with Gasteiger partial charge in [-0.25, -0.2) is 0 Å². The highest BCUT2D eigenvalue weighted by Crippen LogP contribution is 2.18. The van der Waals surface area contributed by atoms with E-state index in [4.69, 9.17) is 4.52 Å². The minimum atomic E-state index is -0.172. The Morgan fingerprint density at radius 3 is 2.75 bits per heavy atom. The van der Waals surface area contributed by atoms with E-state index in [-0.39, 0.29) is 11.9 Å². The zero-order valence-electron chi connectivity index (χ0n) is 14.2. The summed E-state index contributed by atoms with van der Waals surface area (Å²) in [6.45, 7) is 5.10. The maximum atomic E-state index is 12.6. The van der Waals surface area contributed by atoms with Gasteiger partial charge in [0, 0.05) is 19.0 Å². The van der Waals surface area contributed by atoms with Crippen molar-refractivity contribution in [3.63, 3.8) is 0 Å². The molecule has 0 saturated carbocycles. The van der Waals surface area contributed by atoms with E-state index >= 15 is 0 Å². The van der Waals surface area contributed by atoms with Crippen LogP contribution in [0.4, 0.5) is 0 Å². The molecule has 0 unspecified atom stereocenters. The molecule has 3 rings (SSSR count). The first-order valence-electron chi connectivity index (χ1n) is 8.80. The van der Waals surface area contributed by atoms with Gasteiger partial charge in [0.1, 0.15) is 5.76 Å². The molecule has 2 aromatic rings. The van der Waals surface area contributed by atoms with Crippen molar-refractivity contribution in [2.24, 2.45) is 0 Å². The van der Waals surface area contributed by atoms with E-state index in [1.807, 2.05) is 18.2 Å². The first kappa shape index (κ1) is 16.7. The van der Waals surface area contributed by atoms with Crippen LogP contribution in [0.15, 0.2) is 40.9 Å². The summed E-state index contributed by atoms with van der Waals surface area (Å²) < 4.78 is 5.23. The lowest BCUT2D eigenvalue weighted by Crippen LogP contribution is -2.37. The van der Waals surface area contributed by atoms with E-state index in [2.05, 4.69) is 34.4 Å². The Bertz CT molecular complexity index is 648. The van der Waals surface area contributed by atoms with Gasteiger partial charge in [-0.1, -0.05) is 42.4 Å². The number of carbonyl (C=O) groups is 1. The number of hydrogen-bond donors (Lipinski definition) is 1. The van der Waals surface area contributed by atoms with Gasteiger partial charge < -0.3 is 14.7 Å². The van der Waals surface area contributed by atoms with Crippen LogP contribution in [0.2, 0.25) is 0 Å². The molecule has 1 amide bonds. The van der Waals surface area contributed by atoms with Crippen LogP contribution in [0, 0.1) is 0 Å². The summed E-state index contributed by atoms with van der Waals surface area (Å²) in [5.41, 5.74) is 1.48. The molecule has 128 valence electrons. The van der Waals surface area contributed by atoms with Gasteiger partial charge in [0.2, 0.25) is 0 Å². The molecule has 5 nitrogen and oxygen atoms in total. The summed E-state index contributed by atoms with van der Waals surface area (Å²) in [6.07, 6.45) is 4.24. The number of rotatable bonds is 7. The molecule has 1 aromatic carbocycles. The average molecular weight is 327 g/mol. The second kappa shape index (κ2) is 8.11. The van der Waals surface area contributed by atoms with Gasteiger partial charge in [-0.2, -0.15) is 0 Å². The Labute approximate surface area is 143 Å². The van der Waals surface area contributed by atoms with Crippen molar-refractivity contribution in [3.8, 4) is 0 Å². The van der Waals surface area contributed by atoms with Crippen LogP contribution in [0.3, 0.4) is 0 Å². The molecular weight excluding hydrogens is 302 g/mol. The number of nitrogens with one attached hydrogen (secondary N) is 1. The number of nitrogens with zero attached hydrogens (tertiary/aromatic N) is 2. The van der Waals surface area contributed by atoms with Gasteiger partial charge in [0.25, 0.3) is 5.91 Å². The van der Waals surface area contributed by atoms with Gasteiger partial charge in [-0.3, -0.25) is 4.79 Å². The third kappa shape index (κ3) is 4.23. The molecule has 5 heteroatoms. The fourth-order valence-electron chi connectivity index (χ4n) is 3.16. The van der Waals surface area contributed by atoms with Crippen LogP contribution in [0.1, 0.15) is 54.0 Å². The zero-order valence-corrected chi connectivity index (χ0v) is 14.2. The SMILES string of the molecule is CCCc1cc(C(=O)N[C@@H](CN2CCCC2)c2ccccc2)no1. The summed E-state index contributed by atoms with van der Waals surface area (Å²) in [4.78, 5) is 15.0. The van der Waals surface area contributed by atoms with Crippen LogP contribution in [-0.2, 0) is 6.42 Å². The number of carbonyl (C=O) groups excluding carboxylic acids is 1. The molecule has 24 heavy (non-hydrogen) atoms. The highest BCUT2D eigenvalue weighted by atomic mass is 16.5. The predicted molar refractivity (Wildman–Crippen MR) is 92.8 cm³/mol. The van der Waals surface area contributed by atoms with Crippen LogP contribution in [0.5, 0.6) is 0 Å². The predicted octanol–water partition coefficient (Wildman–Crippen LogP) is 3.19. The topological polar surface area (TPSA) is 58.4 Å². The van der Waals surface area contributed by atoms with E-state index in [0.717, 1.165) is 43.8 Å². The summed E-state index contributed by atoms with van der Waals surface area (Å²) in [6, 6.07) is 11.8. The molecule has 1 fully saturated rings. The molecule has 1 saturated heterocycles. The number of hydrogen-bond acceptors (Lipinski definition) is 4. The monoisotopic (exact) mass is 327 g/mol. The Morgan fingerprint density at radius 1 is 1.29 bits per heavy atom. The number of amides is 1. The van der Waals surface area contributed by atoms with Gasteiger partial charge in [-0.15, -0.1) is 0 Å². The lowest BCUT2D eigenvalue weighted by Gasteiger charge is -2.24. The van der Waals surface area contributed by atoms with Crippen LogP contribution in [-0.4, -0.2) is 35.6 Å². The Kier molecular flexibility index (Phi) is 5.64. The molecular formula is C19H25N3O2. The maximum Gasteiger partial charge on any atom is 0.274 e. The summed E-state index contributed by atoms with van der Waals surface area (Å²) >= 11 is 0. The standard InChI is InChI=1S/C19H25N3O2/c1-2-8-16-13-17(21-24-16)19(23)20-18(14-22-11-6-7-12-22)15-9-4-3-5-10-15/h3-5,9-10,13,18H,2,6-8,11-12,14H2,1H3,(H,20,23)/t18-/m0/s1. The molecule has 1 aliphatic heterocycles. The van der Waals surface area contributed by atoms with Crippen LogP contribution in [0.25, 0.3) is 0 Å². The average Bonchev–Trinajstić information content (AvgIpc) is 3.27. The molecule has 1 aliphatic rings. The van der Waals surface area contributed by atoms with E-state index in [1.54, 1.807) is 6.07 Å². The maximum absolute atomic E-state index is 12.6. The minimum Gasteiger partial charge on any atom is -0.361 e. The lowest BCUT2D eigenvalue weighted by molar-refractivity contribution is 0.0918. The van der Waals surface area contributed by atoms with Crippen molar-refractivity contribution in [1.29, 1.82) is 0 Å². The fraction of sp³-hybridized carbons (Fsp3) is 0.474. The normalized spacial score (nSPS) is 16.2. The summed E-state index contributed by atoms with van der Waals surface area (Å²) in [7, 11) is 0. The molecule has 0 radical (unpaired) electrons. The molecule has 0 aliphatic carbocycles.